The highest BCUT2D eigenvalue weighted by molar-refractivity contribution is 5.90. The van der Waals surface area contributed by atoms with Crippen molar-refractivity contribution >= 4 is 17.1 Å². The molecule has 6 aromatic carbocycles. The molecule has 0 radical (unpaired) electrons. The zero-order chi connectivity index (χ0) is 30.2. The molecule has 0 amide bonds. The lowest BCUT2D eigenvalue weighted by molar-refractivity contribution is 0.768. The second-order valence-corrected chi connectivity index (χ2v) is 12.2. The lowest BCUT2D eigenvalue weighted by Gasteiger charge is -2.34. The predicted molar refractivity (Wildman–Crippen MR) is 189 cm³/mol. The maximum Gasteiger partial charge on any atom is 0.0713 e. The van der Waals surface area contributed by atoms with Gasteiger partial charge in [-0.15, -0.1) is 0 Å². The quantitative estimate of drug-likeness (QED) is 0.190. The largest absolute Gasteiger partial charge is 0.310 e. The van der Waals surface area contributed by atoms with E-state index < -0.39 is 5.41 Å². The molecule has 0 bridgehead atoms. The van der Waals surface area contributed by atoms with Gasteiger partial charge in [0.15, 0.2) is 0 Å². The SMILES string of the molecule is Cc1ccc(N(c2ccc(C3C=CC=CC3)cc2)c2ccc3c(c2)-c2ccccc2C3(c2ccccc2)c2ccccc2)cc1. The fourth-order valence-electron chi connectivity index (χ4n) is 7.42. The van der Waals surface area contributed by atoms with E-state index in [-0.39, 0.29) is 0 Å². The third kappa shape index (κ3) is 4.55. The van der Waals surface area contributed by atoms with Gasteiger partial charge in [0, 0.05) is 23.0 Å². The lowest BCUT2D eigenvalue weighted by Crippen LogP contribution is -2.28. The molecular formula is C44H35N. The predicted octanol–water partition coefficient (Wildman–Crippen LogP) is 11.4. The normalized spacial score (nSPS) is 15.8. The van der Waals surface area contributed by atoms with E-state index in [4.69, 9.17) is 0 Å². The molecule has 0 aliphatic heterocycles. The molecule has 1 atom stereocenters. The van der Waals surface area contributed by atoms with E-state index in [0.717, 1.165) is 23.5 Å². The number of benzene rings is 6. The summed E-state index contributed by atoms with van der Waals surface area (Å²) in [6.45, 7) is 2.15. The number of anilines is 3. The zero-order valence-electron chi connectivity index (χ0n) is 25.5. The Bertz CT molecular complexity index is 1980. The molecule has 0 heterocycles. The zero-order valence-corrected chi connectivity index (χ0v) is 25.5. The van der Waals surface area contributed by atoms with Crippen molar-refractivity contribution in [1.82, 2.24) is 0 Å². The van der Waals surface area contributed by atoms with Crippen LogP contribution in [0.4, 0.5) is 17.1 Å². The van der Waals surface area contributed by atoms with Crippen molar-refractivity contribution in [2.45, 2.75) is 24.7 Å². The highest BCUT2D eigenvalue weighted by Gasteiger charge is 2.46. The van der Waals surface area contributed by atoms with Crippen molar-refractivity contribution in [1.29, 1.82) is 0 Å². The second kappa shape index (κ2) is 11.3. The van der Waals surface area contributed by atoms with Gasteiger partial charge in [0.25, 0.3) is 0 Å². The smallest absolute Gasteiger partial charge is 0.0713 e. The fraction of sp³-hybridized carbons (Fsp3) is 0.0909. The van der Waals surface area contributed by atoms with Crippen LogP contribution in [0.5, 0.6) is 0 Å². The highest BCUT2D eigenvalue weighted by Crippen LogP contribution is 2.57. The van der Waals surface area contributed by atoms with E-state index in [1.54, 1.807) is 0 Å². The maximum absolute atomic E-state index is 2.41. The Morgan fingerprint density at radius 2 is 1.11 bits per heavy atom. The monoisotopic (exact) mass is 577 g/mol. The van der Waals surface area contributed by atoms with Crippen LogP contribution in [0.1, 0.15) is 45.7 Å². The molecule has 0 saturated heterocycles. The molecule has 1 heteroatoms. The van der Waals surface area contributed by atoms with Gasteiger partial charge in [-0.2, -0.15) is 0 Å². The van der Waals surface area contributed by atoms with E-state index >= 15 is 0 Å². The summed E-state index contributed by atoms with van der Waals surface area (Å²) >= 11 is 0. The first-order chi connectivity index (χ1) is 22.2. The van der Waals surface area contributed by atoms with Gasteiger partial charge >= 0.3 is 0 Å². The van der Waals surface area contributed by atoms with Gasteiger partial charge < -0.3 is 4.90 Å². The Balaban J connectivity index is 1.32. The molecule has 2 aliphatic rings. The van der Waals surface area contributed by atoms with Gasteiger partial charge in [-0.3, -0.25) is 0 Å². The molecule has 0 spiro atoms. The Morgan fingerprint density at radius 3 is 1.76 bits per heavy atom. The molecule has 45 heavy (non-hydrogen) atoms. The molecule has 0 aromatic heterocycles. The third-order valence-electron chi connectivity index (χ3n) is 9.55. The average Bonchev–Trinajstić information content (AvgIpc) is 3.41. The molecular weight excluding hydrogens is 542 g/mol. The standard InChI is InChI=1S/C44H35N/c1-32-21-25-37(26-22-32)45(38-27-23-34(24-28-38)33-13-5-2-6-14-33)39-29-30-43-41(31-39)40-19-11-12-20-42(40)44(43,35-15-7-3-8-16-35)36-17-9-4-10-18-36/h2-13,15-31,33H,14H2,1H3. The van der Waals surface area contributed by atoms with Crippen molar-refractivity contribution in [3.8, 4) is 11.1 Å². The van der Waals surface area contributed by atoms with Crippen molar-refractivity contribution in [3.63, 3.8) is 0 Å². The molecule has 2 aliphatic carbocycles. The van der Waals surface area contributed by atoms with Gasteiger partial charge in [-0.1, -0.05) is 145 Å². The van der Waals surface area contributed by atoms with E-state index in [1.807, 2.05) is 0 Å². The molecule has 8 rings (SSSR count). The van der Waals surface area contributed by atoms with Crippen LogP contribution in [0.2, 0.25) is 0 Å². The minimum absolute atomic E-state index is 0.398. The molecule has 6 aromatic rings. The van der Waals surface area contributed by atoms with Crippen molar-refractivity contribution in [2.24, 2.45) is 0 Å². The van der Waals surface area contributed by atoms with Crippen LogP contribution >= 0.6 is 0 Å². The number of hydrogen-bond donors (Lipinski definition) is 0. The molecule has 1 nitrogen and oxygen atoms in total. The van der Waals surface area contributed by atoms with Crippen LogP contribution in [0.3, 0.4) is 0 Å². The fourth-order valence-corrected chi connectivity index (χ4v) is 7.42. The number of allylic oxidation sites excluding steroid dienone is 4. The van der Waals surface area contributed by atoms with Crippen LogP contribution < -0.4 is 4.90 Å². The molecule has 0 fully saturated rings. The van der Waals surface area contributed by atoms with Gasteiger partial charge in [0.1, 0.15) is 0 Å². The average molecular weight is 578 g/mol. The lowest BCUT2D eigenvalue weighted by atomic mass is 9.68. The minimum Gasteiger partial charge on any atom is -0.310 e. The van der Waals surface area contributed by atoms with E-state index in [1.165, 1.54) is 44.5 Å². The molecule has 0 N–H and O–H groups in total. The van der Waals surface area contributed by atoms with Crippen molar-refractivity contribution in [3.05, 3.63) is 209 Å². The summed E-state index contributed by atoms with van der Waals surface area (Å²) in [5, 5.41) is 0. The Hall–Kier alpha value is -5.40. The summed E-state index contributed by atoms with van der Waals surface area (Å²) in [6.07, 6.45) is 9.90. The van der Waals surface area contributed by atoms with Gasteiger partial charge in [0.2, 0.25) is 0 Å². The first kappa shape index (κ1) is 27.2. The molecule has 216 valence electrons. The summed E-state index contributed by atoms with van der Waals surface area (Å²) in [4.78, 5) is 2.40. The number of aryl methyl sites for hydroxylation is 1. The van der Waals surface area contributed by atoms with Gasteiger partial charge in [-0.05, 0) is 88.7 Å². The highest BCUT2D eigenvalue weighted by atomic mass is 15.1. The summed E-state index contributed by atoms with van der Waals surface area (Å²) in [7, 11) is 0. The number of hydrogen-bond acceptors (Lipinski definition) is 1. The maximum atomic E-state index is 2.41. The van der Waals surface area contributed by atoms with Gasteiger partial charge in [0.05, 0.1) is 5.41 Å². The first-order valence-corrected chi connectivity index (χ1v) is 15.9. The van der Waals surface area contributed by atoms with Crippen molar-refractivity contribution in [2.75, 3.05) is 4.90 Å². The van der Waals surface area contributed by atoms with Crippen LogP contribution in [-0.4, -0.2) is 0 Å². The van der Waals surface area contributed by atoms with Gasteiger partial charge in [-0.25, -0.2) is 0 Å². The Kier molecular flexibility index (Phi) is 6.80. The van der Waals surface area contributed by atoms with E-state index in [9.17, 15) is 0 Å². The van der Waals surface area contributed by atoms with E-state index in [2.05, 4.69) is 188 Å². The summed E-state index contributed by atoms with van der Waals surface area (Å²) in [5.41, 5.74) is 13.5. The summed E-state index contributed by atoms with van der Waals surface area (Å²) in [6, 6.07) is 56.1. The van der Waals surface area contributed by atoms with Crippen LogP contribution in [0, 0.1) is 6.92 Å². The minimum atomic E-state index is -0.398. The Labute approximate surface area is 266 Å². The third-order valence-corrected chi connectivity index (χ3v) is 9.55. The number of fused-ring (bicyclic) bond motifs is 3. The molecule has 1 unspecified atom stereocenters. The molecule has 0 saturated carbocycles. The van der Waals surface area contributed by atoms with Crippen molar-refractivity contribution < 1.29 is 0 Å². The number of nitrogens with zero attached hydrogens (tertiary/aromatic N) is 1. The van der Waals surface area contributed by atoms with Crippen LogP contribution in [0.25, 0.3) is 11.1 Å². The summed E-state index contributed by atoms with van der Waals surface area (Å²) in [5.74, 6) is 0.428. The van der Waals surface area contributed by atoms with Crippen LogP contribution in [-0.2, 0) is 5.41 Å². The first-order valence-electron chi connectivity index (χ1n) is 15.9. The van der Waals surface area contributed by atoms with E-state index in [0.29, 0.717) is 5.92 Å². The topological polar surface area (TPSA) is 3.24 Å². The summed E-state index contributed by atoms with van der Waals surface area (Å²) < 4.78 is 0. The second-order valence-electron chi connectivity index (χ2n) is 12.2. The Morgan fingerprint density at radius 1 is 0.533 bits per heavy atom. The van der Waals surface area contributed by atoms with Crippen LogP contribution in [0.15, 0.2) is 176 Å². The number of rotatable bonds is 6.